The molecule has 27 heavy (non-hydrogen) atoms. The van der Waals surface area contributed by atoms with Crippen LogP contribution in [0.2, 0.25) is 0 Å². The molecule has 6 heteroatoms. The second-order valence-electron chi connectivity index (χ2n) is 7.17. The predicted molar refractivity (Wildman–Crippen MR) is 110 cm³/mol. The molecule has 2 aromatic carbocycles. The SMILES string of the molecule is CN1CCN(C(CNS(=O)(=O)CCc2ccccc2)c2ccccc2)CC1. The Morgan fingerprint density at radius 2 is 1.52 bits per heavy atom. The van der Waals surface area contributed by atoms with Gasteiger partial charge in [0.15, 0.2) is 0 Å². The van der Waals surface area contributed by atoms with Gasteiger partial charge in [-0.1, -0.05) is 60.7 Å². The molecule has 0 aliphatic carbocycles. The molecule has 0 radical (unpaired) electrons. The van der Waals surface area contributed by atoms with Crippen molar-refractivity contribution in [1.82, 2.24) is 14.5 Å². The molecular formula is C21H29N3O2S. The number of nitrogens with zero attached hydrogens (tertiary/aromatic N) is 2. The van der Waals surface area contributed by atoms with Crippen molar-refractivity contribution < 1.29 is 8.42 Å². The Labute approximate surface area is 163 Å². The highest BCUT2D eigenvalue weighted by Crippen LogP contribution is 2.21. The van der Waals surface area contributed by atoms with Gasteiger partial charge < -0.3 is 4.90 Å². The summed E-state index contributed by atoms with van der Waals surface area (Å²) in [7, 11) is -1.19. The van der Waals surface area contributed by atoms with Crippen molar-refractivity contribution in [2.24, 2.45) is 0 Å². The van der Waals surface area contributed by atoms with Gasteiger partial charge in [0.1, 0.15) is 0 Å². The van der Waals surface area contributed by atoms with Gasteiger partial charge in [0.05, 0.1) is 5.75 Å². The topological polar surface area (TPSA) is 52.6 Å². The fraction of sp³-hybridized carbons (Fsp3) is 0.429. The zero-order chi connectivity index (χ0) is 19.1. The number of hydrogen-bond donors (Lipinski definition) is 1. The number of aryl methyl sites for hydroxylation is 1. The summed E-state index contributed by atoms with van der Waals surface area (Å²) in [5, 5.41) is 0. The summed E-state index contributed by atoms with van der Waals surface area (Å²) >= 11 is 0. The molecule has 1 unspecified atom stereocenters. The lowest BCUT2D eigenvalue weighted by molar-refractivity contribution is 0.113. The fourth-order valence-electron chi connectivity index (χ4n) is 3.44. The number of likely N-dealkylation sites (N-methyl/N-ethyl adjacent to an activating group) is 1. The fourth-order valence-corrected chi connectivity index (χ4v) is 4.50. The first-order valence-electron chi connectivity index (χ1n) is 9.52. The van der Waals surface area contributed by atoms with E-state index in [2.05, 4.69) is 33.7 Å². The summed E-state index contributed by atoms with van der Waals surface area (Å²) in [6.07, 6.45) is 0.528. The Bertz CT molecular complexity index is 789. The van der Waals surface area contributed by atoms with Crippen LogP contribution >= 0.6 is 0 Å². The third-order valence-corrected chi connectivity index (χ3v) is 6.51. The van der Waals surface area contributed by atoms with E-state index in [1.165, 1.54) is 0 Å². The third-order valence-electron chi connectivity index (χ3n) is 5.16. The number of sulfonamides is 1. The first-order chi connectivity index (χ1) is 13.0. The maximum absolute atomic E-state index is 12.5. The maximum Gasteiger partial charge on any atom is 0.211 e. The lowest BCUT2D eigenvalue weighted by Gasteiger charge is -2.38. The Balaban J connectivity index is 1.63. The highest BCUT2D eigenvalue weighted by molar-refractivity contribution is 7.89. The normalized spacial score (nSPS) is 17.7. The van der Waals surface area contributed by atoms with Gasteiger partial charge in [0, 0.05) is 38.8 Å². The molecule has 0 bridgehead atoms. The molecule has 3 rings (SSSR count). The van der Waals surface area contributed by atoms with Crippen LogP contribution in [0.15, 0.2) is 60.7 Å². The molecule has 1 N–H and O–H groups in total. The monoisotopic (exact) mass is 387 g/mol. The van der Waals surface area contributed by atoms with Gasteiger partial charge in [0.25, 0.3) is 0 Å². The highest BCUT2D eigenvalue weighted by Gasteiger charge is 2.25. The van der Waals surface area contributed by atoms with Crippen molar-refractivity contribution in [3.63, 3.8) is 0 Å². The van der Waals surface area contributed by atoms with Crippen LogP contribution in [-0.2, 0) is 16.4 Å². The summed E-state index contributed by atoms with van der Waals surface area (Å²) in [4.78, 5) is 4.69. The Hall–Kier alpha value is -1.73. The number of hydrogen-bond acceptors (Lipinski definition) is 4. The first-order valence-corrected chi connectivity index (χ1v) is 11.2. The third kappa shape index (κ3) is 6.14. The van der Waals surface area contributed by atoms with E-state index < -0.39 is 10.0 Å². The Morgan fingerprint density at radius 3 is 2.15 bits per heavy atom. The molecule has 5 nitrogen and oxygen atoms in total. The minimum absolute atomic E-state index is 0.0615. The lowest BCUT2D eigenvalue weighted by Crippen LogP contribution is -2.48. The number of piperazine rings is 1. The molecule has 1 saturated heterocycles. The number of benzene rings is 2. The summed E-state index contributed by atoms with van der Waals surface area (Å²) in [6, 6.07) is 20.0. The van der Waals surface area contributed by atoms with Crippen LogP contribution in [0.3, 0.4) is 0 Å². The van der Waals surface area contributed by atoms with E-state index >= 15 is 0 Å². The van der Waals surface area contributed by atoms with E-state index in [-0.39, 0.29) is 11.8 Å². The Kier molecular flexibility index (Phi) is 7.01. The zero-order valence-electron chi connectivity index (χ0n) is 15.9. The van der Waals surface area contributed by atoms with E-state index in [1.54, 1.807) is 0 Å². The predicted octanol–water partition coefficient (Wildman–Crippen LogP) is 2.14. The van der Waals surface area contributed by atoms with Gasteiger partial charge >= 0.3 is 0 Å². The van der Waals surface area contributed by atoms with Crippen molar-refractivity contribution >= 4 is 10.0 Å². The van der Waals surface area contributed by atoms with Gasteiger partial charge in [-0.3, -0.25) is 4.90 Å². The number of nitrogens with one attached hydrogen (secondary N) is 1. The van der Waals surface area contributed by atoms with Crippen molar-refractivity contribution in [2.75, 3.05) is 45.5 Å². The summed E-state index contributed by atoms with van der Waals surface area (Å²) < 4.78 is 27.9. The molecular weight excluding hydrogens is 358 g/mol. The molecule has 0 aromatic heterocycles. The average Bonchev–Trinajstić information content (AvgIpc) is 2.70. The van der Waals surface area contributed by atoms with Gasteiger partial charge in [-0.05, 0) is 24.6 Å². The van der Waals surface area contributed by atoms with Crippen LogP contribution in [0.5, 0.6) is 0 Å². The summed E-state index contributed by atoms with van der Waals surface area (Å²) in [5.41, 5.74) is 2.20. The molecule has 0 saturated carbocycles. The quantitative estimate of drug-likeness (QED) is 0.754. The first kappa shape index (κ1) is 20.0. The van der Waals surface area contributed by atoms with Crippen molar-refractivity contribution in [1.29, 1.82) is 0 Å². The summed E-state index contributed by atoms with van der Waals surface area (Å²) in [5.74, 6) is 0.112. The highest BCUT2D eigenvalue weighted by atomic mass is 32.2. The van der Waals surface area contributed by atoms with E-state index in [0.29, 0.717) is 13.0 Å². The molecule has 1 aliphatic heterocycles. The smallest absolute Gasteiger partial charge is 0.211 e. The molecule has 146 valence electrons. The molecule has 0 amide bonds. The second kappa shape index (κ2) is 9.46. The van der Waals surface area contributed by atoms with E-state index in [1.807, 2.05) is 48.5 Å². The minimum atomic E-state index is -3.32. The van der Waals surface area contributed by atoms with E-state index in [9.17, 15) is 8.42 Å². The summed E-state index contributed by atoms with van der Waals surface area (Å²) in [6.45, 7) is 4.31. The van der Waals surface area contributed by atoms with Crippen molar-refractivity contribution in [3.8, 4) is 0 Å². The van der Waals surface area contributed by atoms with Crippen LogP contribution in [-0.4, -0.2) is 63.7 Å². The van der Waals surface area contributed by atoms with Crippen LogP contribution in [0.25, 0.3) is 0 Å². The average molecular weight is 388 g/mol. The maximum atomic E-state index is 12.5. The molecule has 1 aliphatic rings. The molecule has 0 spiro atoms. The lowest BCUT2D eigenvalue weighted by atomic mass is 10.0. The Morgan fingerprint density at radius 1 is 0.926 bits per heavy atom. The van der Waals surface area contributed by atoms with Gasteiger partial charge in [-0.2, -0.15) is 0 Å². The van der Waals surface area contributed by atoms with E-state index in [4.69, 9.17) is 0 Å². The van der Waals surface area contributed by atoms with Gasteiger partial charge in [-0.15, -0.1) is 0 Å². The van der Waals surface area contributed by atoms with Crippen molar-refractivity contribution in [3.05, 3.63) is 71.8 Å². The van der Waals surface area contributed by atoms with Crippen LogP contribution in [0.1, 0.15) is 17.2 Å². The molecule has 1 heterocycles. The second-order valence-corrected chi connectivity index (χ2v) is 9.10. The molecule has 1 fully saturated rings. The van der Waals surface area contributed by atoms with Gasteiger partial charge in [0.2, 0.25) is 10.0 Å². The zero-order valence-corrected chi connectivity index (χ0v) is 16.7. The number of rotatable bonds is 8. The van der Waals surface area contributed by atoms with Crippen LogP contribution in [0.4, 0.5) is 0 Å². The van der Waals surface area contributed by atoms with Gasteiger partial charge in [-0.25, -0.2) is 13.1 Å². The largest absolute Gasteiger partial charge is 0.304 e. The molecule has 1 atom stereocenters. The standard InChI is InChI=1S/C21H29N3O2S/c1-23-13-15-24(16-14-23)21(20-10-6-3-7-11-20)18-22-27(25,26)17-12-19-8-4-2-5-9-19/h2-11,21-22H,12-18H2,1H3. The van der Waals surface area contributed by atoms with E-state index in [0.717, 1.165) is 37.3 Å². The van der Waals surface area contributed by atoms with Crippen LogP contribution in [0, 0.1) is 0 Å². The van der Waals surface area contributed by atoms with Crippen LogP contribution < -0.4 is 4.72 Å². The molecule has 2 aromatic rings. The minimum Gasteiger partial charge on any atom is -0.304 e. The van der Waals surface area contributed by atoms with Crippen molar-refractivity contribution in [2.45, 2.75) is 12.5 Å².